The van der Waals surface area contributed by atoms with E-state index in [1.54, 1.807) is 18.2 Å². The summed E-state index contributed by atoms with van der Waals surface area (Å²) in [5.41, 5.74) is 8.97. The number of rotatable bonds is 8. The Kier molecular flexibility index (Phi) is 6.32. The van der Waals surface area contributed by atoms with Crippen LogP contribution >= 0.6 is 0 Å². The van der Waals surface area contributed by atoms with Crippen LogP contribution in [-0.2, 0) is 22.6 Å². The molecular weight excluding hydrogens is 408 g/mol. The topological polar surface area (TPSA) is 122 Å². The Balaban J connectivity index is 1.47. The van der Waals surface area contributed by atoms with Gasteiger partial charge in [0.15, 0.2) is 0 Å². The van der Waals surface area contributed by atoms with Crippen molar-refractivity contribution in [3.05, 3.63) is 64.7 Å². The highest BCUT2D eigenvalue weighted by Gasteiger charge is 2.45. The number of anilines is 1. The third-order valence-corrected chi connectivity index (χ3v) is 5.91. The summed E-state index contributed by atoms with van der Waals surface area (Å²) in [5, 5.41) is 5.52. The molecule has 2 aromatic rings. The maximum absolute atomic E-state index is 13.1. The number of hydrogen-bond donors (Lipinski definition) is 3. The zero-order chi connectivity index (χ0) is 22.7. The molecule has 1 atom stereocenters. The van der Waals surface area contributed by atoms with Gasteiger partial charge in [-0.2, -0.15) is 0 Å². The Hall–Kier alpha value is -3.52. The number of nitrogens with two attached hydrogens (primary N) is 1. The summed E-state index contributed by atoms with van der Waals surface area (Å²) in [6, 6.07) is 12.3. The molecule has 1 unspecified atom stereocenters. The molecule has 2 aliphatic rings. The normalized spacial score (nSPS) is 18.0. The number of unbranched alkanes of at least 4 members (excludes halogenated alkanes) is 1. The minimum atomic E-state index is -0.965. The minimum absolute atomic E-state index is 0.0977. The number of carbonyl (C=O) groups excluding carboxylic acids is 4. The van der Waals surface area contributed by atoms with Crippen LogP contribution in [0.15, 0.2) is 42.5 Å². The molecule has 0 radical (unpaired) electrons. The first kappa shape index (κ1) is 21.7. The Labute approximate surface area is 186 Å². The van der Waals surface area contributed by atoms with Gasteiger partial charge in [0.2, 0.25) is 11.8 Å². The van der Waals surface area contributed by atoms with Crippen molar-refractivity contribution in [1.82, 2.24) is 10.2 Å². The van der Waals surface area contributed by atoms with Crippen LogP contribution in [0.4, 0.5) is 5.69 Å². The van der Waals surface area contributed by atoms with Crippen LogP contribution in [0.5, 0.6) is 0 Å². The van der Waals surface area contributed by atoms with Crippen LogP contribution in [0.1, 0.15) is 57.5 Å². The quantitative estimate of drug-likeness (QED) is 0.431. The molecule has 1 saturated heterocycles. The maximum atomic E-state index is 13.1. The number of amides is 4. The van der Waals surface area contributed by atoms with Gasteiger partial charge in [0.25, 0.3) is 11.8 Å². The molecule has 0 spiro atoms. The molecule has 2 aliphatic heterocycles. The Morgan fingerprint density at radius 1 is 1.00 bits per heavy atom. The molecule has 0 saturated carbocycles. The Morgan fingerprint density at radius 2 is 1.78 bits per heavy atom. The third kappa shape index (κ3) is 4.27. The number of nitrogens with one attached hydrogen (secondary N) is 2. The number of benzene rings is 2. The number of nitrogens with zero attached hydrogens (tertiary/aromatic N) is 1. The lowest BCUT2D eigenvalue weighted by Crippen LogP contribution is -2.54. The average Bonchev–Trinajstić information content (AvgIpc) is 3.04. The second-order valence-corrected chi connectivity index (χ2v) is 8.08. The Bertz CT molecular complexity index is 1060. The van der Waals surface area contributed by atoms with E-state index in [0.29, 0.717) is 24.2 Å². The maximum Gasteiger partial charge on any atom is 0.262 e. The first-order valence-corrected chi connectivity index (χ1v) is 10.9. The second-order valence-electron chi connectivity index (χ2n) is 8.08. The fourth-order valence-electron chi connectivity index (χ4n) is 4.19. The van der Waals surface area contributed by atoms with Gasteiger partial charge >= 0.3 is 0 Å². The van der Waals surface area contributed by atoms with Crippen molar-refractivity contribution in [3.63, 3.8) is 0 Å². The molecule has 32 heavy (non-hydrogen) atoms. The first-order chi connectivity index (χ1) is 15.5. The highest BCUT2D eigenvalue weighted by atomic mass is 16.2. The predicted molar refractivity (Wildman–Crippen MR) is 119 cm³/mol. The first-order valence-electron chi connectivity index (χ1n) is 10.9. The van der Waals surface area contributed by atoms with Gasteiger partial charge in [-0.15, -0.1) is 0 Å². The fourth-order valence-corrected chi connectivity index (χ4v) is 4.19. The molecule has 4 rings (SSSR count). The van der Waals surface area contributed by atoms with Gasteiger partial charge in [0, 0.05) is 18.7 Å². The number of hydrogen-bond acceptors (Lipinski definition) is 6. The van der Waals surface area contributed by atoms with Gasteiger partial charge in [-0.3, -0.25) is 29.4 Å². The summed E-state index contributed by atoms with van der Waals surface area (Å²) in [5.74, 6) is -1.99. The number of imide groups is 2. The van der Waals surface area contributed by atoms with Crippen molar-refractivity contribution in [2.75, 3.05) is 11.9 Å². The van der Waals surface area contributed by atoms with Crippen molar-refractivity contribution < 1.29 is 19.2 Å². The minimum Gasteiger partial charge on any atom is -0.381 e. The van der Waals surface area contributed by atoms with E-state index in [0.717, 1.165) is 29.8 Å². The molecular formula is C24H26N4O4. The van der Waals surface area contributed by atoms with E-state index in [1.165, 1.54) is 5.56 Å². The van der Waals surface area contributed by atoms with E-state index in [2.05, 4.69) is 22.8 Å². The lowest BCUT2D eigenvalue weighted by Gasteiger charge is -2.27. The predicted octanol–water partition coefficient (Wildman–Crippen LogP) is 1.98. The molecule has 0 aromatic heterocycles. The van der Waals surface area contributed by atoms with Crippen molar-refractivity contribution in [2.24, 2.45) is 5.73 Å². The van der Waals surface area contributed by atoms with Crippen LogP contribution in [0.3, 0.4) is 0 Å². The molecule has 4 amide bonds. The lowest BCUT2D eigenvalue weighted by atomic mass is 10.0. The molecule has 1 fully saturated rings. The molecule has 8 nitrogen and oxygen atoms in total. The van der Waals surface area contributed by atoms with Crippen molar-refractivity contribution >= 4 is 29.3 Å². The molecule has 0 bridgehead atoms. The van der Waals surface area contributed by atoms with Gasteiger partial charge in [-0.25, -0.2) is 0 Å². The van der Waals surface area contributed by atoms with E-state index < -0.39 is 29.7 Å². The molecule has 4 N–H and O–H groups in total. The van der Waals surface area contributed by atoms with E-state index in [9.17, 15) is 19.2 Å². The van der Waals surface area contributed by atoms with E-state index in [1.807, 2.05) is 12.1 Å². The van der Waals surface area contributed by atoms with Crippen LogP contribution in [0.2, 0.25) is 0 Å². The van der Waals surface area contributed by atoms with E-state index in [4.69, 9.17) is 5.73 Å². The van der Waals surface area contributed by atoms with Gasteiger partial charge in [-0.1, -0.05) is 24.3 Å². The van der Waals surface area contributed by atoms with Gasteiger partial charge in [-0.05, 0) is 61.6 Å². The van der Waals surface area contributed by atoms with Crippen molar-refractivity contribution in [2.45, 2.75) is 44.7 Å². The molecule has 2 aromatic carbocycles. The molecule has 166 valence electrons. The van der Waals surface area contributed by atoms with Gasteiger partial charge < -0.3 is 11.1 Å². The number of carbonyl (C=O) groups is 4. The van der Waals surface area contributed by atoms with Gasteiger partial charge in [0.1, 0.15) is 6.04 Å². The smallest absolute Gasteiger partial charge is 0.262 e. The summed E-state index contributed by atoms with van der Waals surface area (Å²) in [4.78, 5) is 50.7. The van der Waals surface area contributed by atoms with Crippen LogP contribution in [0, 0.1) is 0 Å². The standard InChI is InChI=1S/C24H26N4O4/c25-13-2-1-4-15-7-9-17(10-8-15)26-14-16-5-3-6-18-21(16)24(32)28(23(18)31)19-11-12-20(29)27-22(19)30/h3,5-10,19,26H,1-2,4,11-14,25H2,(H,27,29,30). The summed E-state index contributed by atoms with van der Waals surface area (Å²) in [6.07, 6.45) is 3.28. The van der Waals surface area contributed by atoms with E-state index in [-0.39, 0.29) is 18.4 Å². The monoisotopic (exact) mass is 434 g/mol. The summed E-state index contributed by atoms with van der Waals surface area (Å²) >= 11 is 0. The van der Waals surface area contributed by atoms with Crippen molar-refractivity contribution in [3.8, 4) is 0 Å². The summed E-state index contributed by atoms with van der Waals surface area (Å²) in [6.45, 7) is 1.06. The van der Waals surface area contributed by atoms with Crippen LogP contribution < -0.4 is 16.4 Å². The number of aryl methyl sites for hydroxylation is 1. The zero-order valence-electron chi connectivity index (χ0n) is 17.7. The Morgan fingerprint density at radius 3 is 2.50 bits per heavy atom. The number of fused-ring (bicyclic) bond motifs is 1. The lowest BCUT2D eigenvalue weighted by molar-refractivity contribution is -0.136. The zero-order valence-corrected chi connectivity index (χ0v) is 17.7. The summed E-state index contributed by atoms with van der Waals surface area (Å²) < 4.78 is 0. The molecule has 2 heterocycles. The molecule has 8 heteroatoms. The summed E-state index contributed by atoms with van der Waals surface area (Å²) in [7, 11) is 0. The van der Waals surface area contributed by atoms with Gasteiger partial charge in [0.05, 0.1) is 11.1 Å². The average molecular weight is 434 g/mol. The van der Waals surface area contributed by atoms with E-state index >= 15 is 0 Å². The van der Waals surface area contributed by atoms with Crippen LogP contribution in [0.25, 0.3) is 0 Å². The SMILES string of the molecule is NCCCCc1ccc(NCc2cccc3c2C(=O)N(C2CCC(=O)NC2=O)C3=O)cc1. The molecule has 0 aliphatic carbocycles. The highest BCUT2D eigenvalue weighted by Crippen LogP contribution is 2.30. The van der Waals surface area contributed by atoms with Crippen LogP contribution in [-0.4, -0.2) is 41.1 Å². The fraction of sp³-hybridized carbons (Fsp3) is 0.333. The largest absolute Gasteiger partial charge is 0.381 e. The highest BCUT2D eigenvalue weighted by molar-refractivity contribution is 6.24. The third-order valence-electron chi connectivity index (χ3n) is 5.91. The second kappa shape index (κ2) is 9.32. The van der Waals surface area contributed by atoms with Crippen molar-refractivity contribution in [1.29, 1.82) is 0 Å². The number of piperidine rings is 1.